The van der Waals surface area contributed by atoms with E-state index in [2.05, 4.69) is 10.3 Å². The molecule has 0 amide bonds. The molecule has 2 rings (SSSR count). The van der Waals surface area contributed by atoms with Crippen LogP contribution in [0.3, 0.4) is 0 Å². The molecule has 1 fully saturated rings. The molecule has 6 heteroatoms. The van der Waals surface area contributed by atoms with Crippen molar-refractivity contribution in [3.63, 3.8) is 0 Å². The van der Waals surface area contributed by atoms with Crippen molar-refractivity contribution < 1.29 is 9.66 Å². The average Bonchev–Trinajstić information content (AvgIpc) is 2.31. The van der Waals surface area contributed by atoms with Gasteiger partial charge in [-0.25, -0.2) is 4.98 Å². The molecule has 1 saturated heterocycles. The fourth-order valence-electron chi connectivity index (χ4n) is 1.64. The Labute approximate surface area is 92.8 Å². The summed E-state index contributed by atoms with van der Waals surface area (Å²) < 4.78 is 5.59. The smallest absolute Gasteiger partial charge is 0.287 e. The first kappa shape index (κ1) is 10.8. The number of pyridine rings is 1. The predicted molar refractivity (Wildman–Crippen MR) is 57.4 cm³/mol. The number of ether oxygens (including phenoxy) is 1. The number of hydrogen-bond acceptors (Lipinski definition) is 5. The van der Waals surface area contributed by atoms with E-state index in [0.29, 0.717) is 5.88 Å². The molecule has 86 valence electrons. The van der Waals surface area contributed by atoms with Gasteiger partial charge in [-0.3, -0.25) is 10.1 Å². The minimum absolute atomic E-state index is 0.0193. The second-order valence-corrected chi connectivity index (χ2v) is 3.70. The van der Waals surface area contributed by atoms with Gasteiger partial charge in [-0.2, -0.15) is 0 Å². The van der Waals surface area contributed by atoms with E-state index >= 15 is 0 Å². The Kier molecular flexibility index (Phi) is 3.31. The summed E-state index contributed by atoms with van der Waals surface area (Å²) in [5.74, 6) is 0.444. The molecule has 0 bridgehead atoms. The van der Waals surface area contributed by atoms with E-state index < -0.39 is 4.92 Å². The SMILES string of the molecule is O=[N+]([O-])c1ccc(O[C@H]2CCCNC2)nc1. The van der Waals surface area contributed by atoms with Gasteiger partial charge in [0.25, 0.3) is 5.69 Å². The van der Waals surface area contributed by atoms with Crippen LogP contribution < -0.4 is 10.1 Å². The van der Waals surface area contributed by atoms with Crippen LogP contribution in [0.1, 0.15) is 12.8 Å². The number of piperidine rings is 1. The van der Waals surface area contributed by atoms with Crippen LogP contribution >= 0.6 is 0 Å². The molecule has 1 aromatic rings. The molecule has 0 unspecified atom stereocenters. The fourth-order valence-corrected chi connectivity index (χ4v) is 1.64. The lowest BCUT2D eigenvalue weighted by Gasteiger charge is -2.23. The Balaban J connectivity index is 1.96. The molecule has 1 aliphatic rings. The van der Waals surface area contributed by atoms with Crippen LogP contribution in [0.25, 0.3) is 0 Å². The number of rotatable bonds is 3. The van der Waals surface area contributed by atoms with Crippen LogP contribution in [-0.2, 0) is 0 Å². The van der Waals surface area contributed by atoms with Gasteiger partial charge in [0.05, 0.1) is 4.92 Å². The van der Waals surface area contributed by atoms with Gasteiger partial charge in [0.1, 0.15) is 12.3 Å². The Morgan fingerprint density at radius 2 is 2.44 bits per heavy atom. The quantitative estimate of drug-likeness (QED) is 0.613. The van der Waals surface area contributed by atoms with Crippen LogP contribution in [0.5, 0.6) is 5.88 Å². The van der Waals surface area contributed by atoms with E-state index in [-0.39, 0.29) is 11.8 Å². The fraction of sp³-hybridized carbons (Fsp3) is 0.500. The van der Waals surface area contributed by atoms with E-state index in [1.807, 2.05) is 0 Å². The minimum atomic E-state index is -0.473. The van der Waals surface area contributed by atoms with E-state index in [1.165, 1.54) is 18.3 Å². The first-order valence-corrected chi connectivity index (χ1v) is 5.23. The number of nitro groups is 1. The maximum absolute atomic E-state index is 10.4. The molecule has 16 heavy (non-hydrogen) atoms. The molecule has 0 radical (unpaired) electrons. The third kappa shape index (κ3) is 2.66. The summed E-state index contributed by atoms with van der Waals surface area (Å²) in [5, 5.41) is 13.6. The van der Waals surface area contributed by atoms with Crippen molar-refractivity contribution in [1.29, 1.82) is 0 Å². The highest BCUT2D eigenvalue weighted by atomic mass is 16.6. The molecular formula is C10H13N3O3. The standard InChI is InChI=1S/C10H13N3O3/c14-13(15)8-3-4-10(12-6-8)16-9-2-1-5-11-7-9/h3-4,6,9,11H,1-2,5,7H2/t9-/m0/s1. The molecule has 1 N–H and O–H groups in total. The maximum Gasteiger partial charge on any atom is 0.287 e. The van der Waals surface area contributed by atoms with Gasteiger partial charge in [0.15, 0.2) is 0 Å². The van der Waals surface area contributed by atoms with Crippen molar-refractivity contribution in [2.24, 2.45) is 0 Å². The zero-order valence-corrected chi connectivity index (χ0v) is 8.76. The van der Waals surface area contributed by atoms with Gasteiger partial charge in [-0.15, -0.1) is 0 Å². The summed E-state index contributed by atoms with van der Waals surface area (Å²) in [6, 6.07) is 2.94. The molecule has 1 aliphatic heterocycles. The Morgan fingerprint density at radius 3 is 3.00 bits per heavy atom. The highest BCUT2D eigenvalue weighted by Crippen LogP contribution is 2.16. The first-order chi connectivity index (χ1) is 7.75. The Bertz CT molecular complexity index is 360. The second-order valence-electron chi connectivity index (χ2n) is 3.70. The number of aromatic nitrogens is 1. The number of nitrogens with one attached hydrogen (secondary N) is 1. The summed E-state index contributed by atoms with van der Waals surface area (Å²) in [6.07, 6.45) is 3.40. The molecule has 0 saturated carbocycles. The molecule has 0 aromatic carbocycles. The summed E-state index contributed by atoms with van der Waals surface area (Å²) in [5.41, 5.74) is -0.0193. The molecule has 2 heterocycles. The van der Waals surface area contributed by atoms with Gasteiger partial charge in [-0.1, -0.05) is 0 Å². The van der Waals surface area contributed by atoms with Crippen LogP contribution in [0.15, 0.2) is 18.3 Å². The largest absolute Gasteiger partial charge is 0.473 e. The van der Waals surface area contributed by atoms with Crippen LogP contribution in [0, 0.1) is 10.1 Å². The normalized spacial score (nSPS) is 20.4. The van der Waals surface area contributed by atoms with Crippen LogP contribution in [-0.4, -0.2) is 29.1 Å². The summed E-state index contributed by atoms with van der Waals surface area (Å²) in [4.78, 5) is 13.8. The molecule has 0 aliphatic carbocycles. The lowest BCUT2D eigenvalue weighted by molar-refractivity contribution is -0.385. The van der Waals surface area contributed by atoms with Crippen molar-refractivity contribution in [3.8, 4) is 5.88 Å². The minimum Gasteiger partial charge on any atom is -0.473 e. The Hall–Kier alpha value is -1.69. The number of hydrogen-bond donors (Lipinski definition) is 1. The van der Waals surface area contributed by atoms with Gasteiger partial charge >= 0.3 is 0 Å². The van der Waals surface area contributed by atoms with Gasteiger partial charge in [-0.05, 0) is 19.4 Å². The molecular weight excluding hydrogens is 210 g/mol. The average molecular weight is 223 g/mol. The summed E-state index contributed by atoms with van der Waals surface area (Å²) in [6.45, 7) is 1.83. The first-order valence-electron chi connectivity index (χ1n) is 5.23. The van der Waals surface area contributed by atoms with Crippen molar-refractivity contribution in [2.45, 2.75) is 18.9 Å². The molecule has 6 nitrogen and oxygen atoms in total. The van der Waals surface area contributed by atoms with E-state index in [9.17, 15) is 10.1 Å². The van der Waals surface area contributed by atoms with E-state index in [0.717, 1.165) is 25.9 Å². The zero-order chi connectivity index (χ0) is 11.4. The summed E-state index contributed by atoms with van der Waals surface area (Å²) >= 11 is 0. The van der Waals surface area contributed by atoms with E-state index in [1.54, 1.807) is 0 Å². The van der Waals surface area contributed by atoms with Gasteiger partial charge in [0.2, 0.25) is 5.88 Å². The number of nitrogens with zero attached hydrogens (tertiary/aromatic N) is 2. The van der Waals surface area contributed by atoms with Crippen molar-refractivity contribution in [1.82, 2.24) is 10.3 Å². The molecule has 1 atom stereocenters. The summed E-state index contributed by atoms with van der Waals surface area (Å²) in [7, 11) is 0. The monoisotopic (exact) mass is 223 g/mol. The van der Waals surface area contributed by atoms with Crippen LogP contribution in [0.4, 0.5) is 5.69 Å². The van der Waals surface area contributed by atoms with Crippen molar-refractivity contribution in [3.05, 3.63) is 28.4 Å². The highest BCUT2D eigenvalue weighted by Gasteiger charge is 2.15. The molecule has 0 spiro atoms. The third-order valence-electron chi connectivity index (χ3n) is 2.47. The lowest BCUT2D eigenvalue weighted by Crippen LogP contribution is -2.37. The predicted octanol–water partition coefficient (Wildman–Crippen LogP) is 1.12. The topological polar surface area (TPSA) is 77.3 Å². The van der Waals surface area contributed by atoms with E-state index in [4.69, 9.17) is 4.74 Å². The Morgan fingerprint density at radius 1 is 1.56 bits per heavy atom. The van der Waals surface area contributed by atoms with Crippen molar-refractivity contribution >= 4 is 5.69 Å². The lowest BCUT2D eigenvalue weighted by atomic mass is 10.1. The highest BCUT2D eigenvalue weighted by molar-refractivity contribution is 5.28. The molecule has 1 aromatic heterocycles. The van der Waals surface area contributed by atoms with Gasteiger partial charge in [0, 0.05) is 18.7 Å². The van der Waals surface area contributed by atoms with Crippen molar-refractivity contribution in [2.75, 3.05) is 13.1 Å². The van der Waals surface area contributed by atoms with Crippen LogP contribution in [0.2, 0.25) is 0 Å². The maximum atomic E-state index is 10.4. The van der Waals surface area contributed by atoms with Gasteiger partial charge < -0.3 is 10.1 Å². The zero-order valence-electron chi connectivity index (χ0n) is 8.76. The second kappa shape index (κ2) is 4.89. The third-order valence-corrected chi connectivity index (χ3v) is 2.47.